The summed E-state index contributed by atoms with van der Waals surface area (Å²) in [4.78, 5) is 13.2. The Bertz CT molecular complexity index is 862. The number of aromatic nitrogens is 3. The van der Waals surface area contributed by atoms with E-state index in [0.717, 1.165) is 43.9 Å². The molecule has 5 nitrogen and oxygen atoms in total. The topological polar surface area (TPSA) is 68.0 Å². The van der Waals surface area contributed by atoms with Gasteiger partial charge in [-0.15, -0.1) is 5.10 Å². The summed E-state index contributed by atoms with van der Waals surface area (Å²) in [5, 5.41) is 21.1. The number of fused-ring (bicyclic) bond motifs is 5. The van der Waals surface area contributed by atoms with Crippen LogP contribution in [0.3, 0.4) is 0 Å². The van der Waals surface area contributed by atoms with Crippen LogP contribution in [0.25, 0.3) is 0 Å². The van der Waals surface area contributed by atoms with Gasteiger partial charge in [0.1, 0.15) is 12.1 Å². The SMILES string of the molecule is C[C@]12CCC3C(CC[C@@H]4C[C@@](O)(C#CCl)CC[C@H]34)C1CC[C@@H]2C(=O)Cn1ccnn1. The summed E-state index contributed by atoms with van der Waals surface area (Å²) in [6.07, 6.45) is 13.0. The number of rotatable bonds is 3. The first-order chi connectivity index (χ1) is 14.4. The number of hydrogen-bond donors (Lipinski definition) is 1. The highest BCUT2D eigenvalue weighted by atomic mass is 35.5. The minimum absolute atomic E-state index is 0.130. The average molecular weight is 430 g/mol. The van der Waals surface area contributed by atoms with Gasteiger partial charge in [-0.2, -0.15) is 0 Å². The molecule has 0 radical (unpaired) electrons. The fourth-order valence-corrected chi connectivity index (χ4v) is 8.37. The predicted octanol–water partition coefficient (Wildman–Crippen LogP) is 4.05. The van der Waals surface area contributed by atoms with Crippen molar-refractivity contribution in [2.24, 2.45) is 40.9 Å². The number of nitrogens with zero attached hydrogens (tertiary/aromatic N) is 3. The molecule has 4 aliphatic carbocycles. The number of carbonyl (C=O) groups is 1. The molecule has 8 atom stereocenters. The van der Waals surface area contributed by atoms with Crippen molar-refractivity contribution in [1.82, 2.24) is 15.0 Å². The molecule has 0 aromatic carbocycles. The van der Waals surface area contributed by atoms with Gasteiger partial charge in [0.05, 0.1) is 6.20 Å². The van der Waals surface area contributed by atoms with Crippen molar-refractivity contribution in [3.05, 3.63) is 12.4 Å². The summed E-state index contributed by atoms with van der Waals surface area (Å²) in [5.41, 5.74) is -0.754. The molecule has 5 rings (SSSR count). The number of aliphatic hydroxyl groups is 1. The lowest BCUT2D eigenvalue weighted by Gasteiger charge is -2.56. The first kappa shape index (κ1) is 20.5. The van der Waals surface area contributed by atoms with Crippen LogP contribution in [0.5, 0.6) is 0 Å². The van der Waals surface area contributed by atoms with Gasteiger partial charge in [0.15, 0.2) is 5.78 Å². The standard InChI is InChI=1S/C24H32ClN3O2/c1-23-8-6-18-17-7-9-24(30,10-11-25)14-16(17)2-3-19(18)20(23)4-5-21(23)22(29)15-28-13-12-26-27-28/h12-13,16-21,30H,2-9,14-15H2,1H3/t16-,17+,18?,19?,20?,21-,23+,24+/m1/s1. The van der Waals surface area contributed by atoms with Gasteiger partial charge in [0, 0.05) is 17.5 Å². The fraction of sp³-hybridized carbons (Fsp3) is 0.792. The third-order valence-corrected chi connectivity index (χ3v) is 9.56. The van der Waals surface area contributed by atoms with E-state index in [4.69, 9.17) is 11.6 Å². The van der Waals surface area contributed by atoms with Gasteiger partial charge >= 0.3 is 0 Å². The van der Waals surface area contributed by atoms with Gasteiger partial charge in [-0.05, 0) is 104 Å². The van der Waals surface area contributed by atoms with E-state index in [1.54, 1.807) is 17.1 Å². The molecule has 6 heteroatoms. The number of Topliss-reactive ketones (excluding diaryl/α,β-unsaturated/α-hetero) is 1. The average Bonchev–Trinajstić information content (AvgIpc) is 3.34. The maximum absolute atomic E-state index is 13.2. The van der Waals surface area contributed by atoms with E-state index in [9.17, 15) is 9.90 Å². The van der Waals surface area contributed by atoms with Crippen LogP contribution in [0.15, 0.2) is 12.4 Å². The Balaban J connectivity index is 1.31. The summed E-state index contributed by atoms with van der Waals surface area (Å²) in [7, 11) is 0. The molecule has 4 aliphatic rings. The van der Waals surface area contributed by atoms with Crippen molar-refractivity contribution in [3.63, 3.8) is 0 Å². The van der Waals surface area contributed by atoms with E-state index in [-0.39, 0.29) is 11.3 Å². The first-order valence-corrected chi connectivity index (χ1v) is 12.0. The summed E-state index contributed by atoms with van der Waals surface area (Å²) < 4.78 is 1.67. The third kappa shape index (κ3) is 3.31. The van der Waals surface area contributed by atoms with E-state index in [0.29, 0.717) is 30.1 Å². The molecule has 0 bridgehead atoms. The van der Waals surface area contributed by atoms with Crippen LogP contribution in [0.1, 0.15) is 64.7 Å². The van der Waals surface area contributed by atoms with Crippen molar-refractivity contribution in [3.8, 4) is 11.3 Å². The molecule has 1 aromatic rings. The third-order valence-electron chi connectivity index (χ3n) is 9.47. The number of halogens is 1. The van der Waals surface area contributed by atoms with E-state index in [2.05, 4.69) is 28.5 Å². The number of carbonyl (C=O) groups excluding carboxylic acids is 1. The molecule has 0 aliphatic heterocycles. The minimum Gasteiger partial charge on any atom is -0.378 e. The maximum Gasteiger partial charge on any atom is 0.157 e. The Morgan fingerprint density at radius 1 is 1.17 bits per heavy atom. The van der Waals surface area contributed by atoms with Gasteiger partial charge < -0.3 is 5.11 Å². The second-order valence-electron chi connectivity index (χ2n) is 10.7. The predicted molar refractivity (Wildman–Crippen MR) is 114 cm³/mol. The van der Waals surface area contributed by atoms with E-state index < -0.39 is 5.60 Å². The lowest BCUT2D eigenvalue weighted by atomic mass is 9.49. The van der Waals surface area contributed by atoms with Crippen LogP contribution in [0.2, 0.25) is 0 Å². The molecule has 1 aromatic heterocycles. The van der Waals surface area contributed by atoms with E-state index in [1.165, 1.54) is 25.7 Å². The Labute approximate surface area is 183 Å². The summed E-state index contributed by atoms with van der Waals surface area (Å²) in [6.45, 7) is 2.75. The summed E-state index contributed by atoms with van der Waals surface area (Å²) >= 11 is 5.61. The minimum atomic E-state index is -0.884. The van der Waals surface area contributed by atoms with Crippen molar-refractivity contribution in [2.75, 3.05) is 0 Å². The second-order valence-corrected chi connectivity index (χ2v) is 10.9. The zero-order chi connectivity index (χ0) is 20.9. The largest absolute Gasteiger partial charge is 0.378 e. The first-order valence-electron chi connectivity index (χ1n) is 11.7. The fourth-order valence-electron chi connectivity index (χ4n) is 8.20. The van der Waals surface area contributed by atoms with Gasteiger partial charge in [-0.3, -0.25) is 4.79 Å². The highest BCUT2D eigenvalue weighted by Gasteiger charge is 2.58. The van der Waals surface area contributed by atoms with Crippen LogP contribution >= 0.6 is 11.6 Å². The molecule has 162 valence electrons. The molecular weight excluding hydrogens is 398 g/mol. The van der Waals surface area contributed by atoms with Crippen molar-refractivity contribution >= 4 is 17.4 Å². The van der Waals surface area contributed by atoms with Gasteiger partial charge in [-0.25, -0.2) is 4.68 Å². The highest BCUT2D eigenvalue weighted by Crippen LogP contribution is 2.64. The van der Waals surface area contributed by atoms with Crippen LogP contribution in [0.4, 0.5) is 0 Å². The molecule has 1 N–H and O–H groups in total. The molecule has 4 saturated carbocycles. The number of ketones is 1. The van der Waals surface area contributed by atoms with Crippen molar-refractivity contribution < 1.29 is 9.90 Å². The van der Waals surface area contributed by atoms with Crippen LogP contribution in [0, 0.1) is 52.2 Å². The molecule has 0 saturated heterocycles. The van der Waals surface area contributed by atoms with Crippen LogP contribution in [-0.4, -0.2) is 31.5 Å². The molecule has 1 heterocycles. The Morgan fingerprint density at radius 3 is 2.77 bits per heavy atom. The highest BCUT2D eigenvalue weighted by molar-refractivity contribution is 6.30. The van der Waals surface area contributed by atoms with Crippen molar-refractivity contribution in [2.45, 2.75) is 76.9 Å². The lowest BCUT2D eigenvalue weighted by molar-refractivity contribution is -0.132. The van der Waals surface area contributed by atoms with Crippen LogP contribution in [-0.2, 0) is 11.3 Å². The normalized spacial score (nSPS) is 44.9. The summed E-state index contributed by atoms with van der Waals surface area (Å²) in [5.74, 6) is 6.77. The van der Waals surface area contributed by atoms with Crippen molar-refractivity contribution in [1.29, 1.82) is 0 Å². The van der Waals surface area contributed by atoms with Gasteiger partial charge in [-0.1, -0.05) is 18.1 Å². The van der Waals surface area contributed by atoms with Crippen LogP contribution < -0.4 is 0 Å². The Morgan fingerprint density at radius 2 is 2.00 bits per heavy atom. The van der Waals surface area contributed by atoms with Gasteiger partial charge in [0.2, 0.25) is 0 Å². The molecule has 30 heavy (non-hydrogen) atoms. The van der Waals surface area contributed by atoms with E-state index >= 15 is 0 Å². The molecule has 0 amide bonds. The molecule has 0 spiro atoms. The Kier molecular flexibility index (Phi) is 5.22. The quantitative estimate of drug-likeness (QED) is 0.736. The zero-order valence-corrected chi connectivity index (χ0v) is 18.5. The summed E-state index contributed by atoms with van der Waals surface area (Å²) in [6, 6.07) is 0. The molecule has 4 fully saturated rings. The van der Waals surface area contributed by atoms with E-state index in [1.807, 2.05) is 0 Å². The van der Waals surface area contributed by atoms with Gasteiger partial charge in [0.25, 0.3) is 0 Å². The lowest BCUT2D eigenvalue weighted by Crippen LogP contribution is -2.51. The second kappa shape index (κ2) is 7.64. The zero-order valence-electron chi connectivity index (χ0n) is 17.8. The number of hydrogen-bond acceptors (Lipinski definition) is 4. The Hall–Kier alpha value is -1.38. The maximum atomic E-state index is 13.2. The molecule has 3 unspecified atom stereocenters. The molecular formula is C24H32ClN3O2. The monoisotopic (exact) mass is 429 g/mol. The smallest absolute Gasteiger partial charge is 0.157 e.